The third kappa shape index (κ3) is 6.77. The van der Waals surface area contributed by atoms with Crippen molar-refractivity contribution in [1.82, 2.24) is 5.01 Å². The molecule has 11 heteroatoms. The molecule has 1 heterocycles. The highest BCUT2D eigenvalue weighted by Gasteiger charge is 2.44. The molecule has 1 aliphatic heterocycles. The number of carbonyl (C=O) groups is 1. The molecule has 1 atom stereocenters. The van der Waals surface area contributed by atoms with Crippen LogP contribution < -0.4 is 10.1 Å². The average Bonchev–Trinajstić information content (AvgIpc) is 3.20. The second-order valence-electron chi connectivity index (χ2n) is 7.18. The highest BCUT2D eigenvalue weighted by molar-refractivity contribution is 7.99. The summed E-state index contributed by atoms with van der Waals surface area (Å²) in [5, 5.41) is 9.06. The van der Waals surface area contributed by atoms with E-state index in [1.54, 1.807) is 23.9 Å². The fourth-order valence-corrected chi connectivity index (χ4v) is 4.05. The zero-order valence-electron chi connectivity index (χ0n) is 17.6. The van der Waals surface area contributed by atoms with Crippen LogP contribution in [0.3, 0.4) is 0 Å². The lowest BCUT2D eigenvalue weighted by atomic mass is 9.95. The first-order valence-electron chi connectivity index (χ1n) is 10.2. The smallest absolute Gasteiger partial charge is 0.428 e. The first-order chi connectivity index (χ1) is 15.7. The molecule has 0 saturated carbocycles. The largest absolute Gasteiger partial charge is 0.461 e. The van der Waals surface area contributed by atoms with Crippen molar-refractivity contribution in [3.8, 4) is 5.75 Å². The molecule has 0 aliphatic carbocycles. The lowest BCUT2D eigenvalue weighted by molar-refractivity contribution is -0.253. The normalized spacial score (nSPS) is 16.2. The molecule has 1 unspecified atom stereocenters. The summed E-state index contributed by atoms with van der Waals surface area (Å²) in [4.78, 5) is 12.8. The number of carbonyl (C=O) groups excluding carboxylic acids is 1. The molecule has 0 saturated heterocycles. The number of rotatable bonds is 9. The maximum absolute atomic E-state index is 13.0. The Labute approximate surface area is 198 Å². The molecule has 1 N–H and O–H groups in total. The van der Waals surface area contributed by atoms with Crippen LogP contribution in [0.1, 0.15) is 18.9 Å². The highest BCUT2D eigenvalue weighted by Crippen LogP contribution is 2.29. The Hall–Kier alpha value is -2.46. The fraction of sp³-hybridized carbons (Fsp3) is 0.364. The Morgan fingerprint density at radius 2 is 1.91 bits per heavy atom. The quantitative estimate of drug-likeness (QED) is 0.310. The summed E-state index contributed by atoms with van der Waals surface area (Å²) >= 11 is 7.79. The Morgan fingerprint density at radius 3 is 2.52 bits per heavy atom. The molecule has 33 heavy (non-hydrogen) atoms. The Kier molecular flexibility index (Phi) is 8.47. The van der Waals surface area contributed by atoms with E-state index in [1.165, 1.54) is 17.1 Å². The van der Waals surface area contributed by atoms with Crippen LogP contribution in [-0.4, -0.2) is 47.3 Å². The van der Waals surface area contributed by atoms with E-state index >= 15 is 0 Å². The van der Waals surface area contributed by atoms with E-state index in [0.29, 0.717) is 11.6 Å². The Balaban J connectivity index is 1.69. The van der Waals surface area contributed by atoms with Crippen LogP contribution in [0.2, 0.25) is 5.02 Å². The van der Waals surface area contributed by atoms with E-state index in [0.717, 1.165) is 41.3 Å². The molecule has 2 aromatic carbocycles. The molecule has 3 rings (SSSR count). The predicted molar refractivity (Wildman–Crippen MR) is 123 cm³/mol. The van der Waals surface area contributed by atoms with Gasteiger partial charge < -0.3 is 10.1 Å². The lowest BCUT2D eigenvalue weighted by Gasteiger charge is -2.17. The van der Waals surface area contributed by atoms with Crippen molar-refractivity contribution < 1.29 is 27.1 Å². The molecular weight excluding hydrogens is 482 g/mol. The summed E-state index contributed by atoms with van der Waals surface area (Å²) in [5.41, 5.74) is 1.94. The van der Waals surface area contributed by atoms with E-state index in [-0.39, 0.29) is 11.6 Å². The zero-order valence-corrected chi connectivity index (χ0v) is 19.2. The van der Waals surface area contributed by atoms with E-state index < -0.39 is 24.3 Å². The standard InChI is InChI=1S/C22H22ClF4N3O2S/c1-2-33-12-11-15-13-30(29-19(15)14-3-5-16(23)6-4-14)21(31)28-17-7-9-18(10-8-17)32-22(26,27)20(24)25/h3-10,15,20H,2,11-13H2,1H3,(H,28,31). The van der Waals surface area contributed by atoms with Crippen LogP contribution in [0.5, 0.6) is 5.75 Å². The first-order valence-corrected chi connectivity index (χ1v) is 11.7. The fourth-order valence-electron chi connectivity index (χ4n) is 3.18. The van der Waals surface area contributed by atoms with Gasteiger partial charge in [-0.1, -0.05) is 30.7 Å². The lowest BCUT2D eigenvalue weighted by Crippen LogP contribution is -2.33. The van der Waals surface area contributed by atoms with Gasteiger partial charge in [0.1, 0.15) is 5.75 Å². The van der Waals surface area contributed by atoms with Crippen LogP contribution in [0.25, 0.3) is 0 Å². The van der Waals surface area contributed by atoms with Gasteiger partial charge in [-0.25, -0.2) is 9.80 Å². The molecule has 1 aliphatic rings. The number of hydrogen-bond acceptors (Lipinski definition) is 4. The van der Waals surface area contributed by atoms with Gasteiger partial charge in [0.2, 0.25) is 0 Å². The highest BCUT2D eigenvalue weighted by atomic mass is 35.5. The predicted octanol–water partition coefficient (Wildman–Crippen LogP) is 6.59. The summed E-state index contributed by atoms with van der Waals surface area (Å²) in [6.07, 6.45) is -7.71. The number of hydrazone groups is 1. The van der Waals surface area contributed by atoms with E-state index in [2.05, 4.69) is 22.1 Å². The van der Waals surface area contributed by atoms with Crippen molar-refractivity contribution >= 4 is 40.8 Å². The summed E-state index contributed by atoms with van der Waals surface area (Å²) in [5.74, 6) is 1.51. The topological polar surface area (TPSA) is 53.9 Å². The Bertz CT molecular complexity index is 975. The minimum atomic E-state index is -4.60. The molecule has 178 valence electrons. The zero-order chi connectivity index (χ0) is 24.0. The monoisotopic (exact) mass is 503 g/mol. The minimum absolute atomic E-state index is 0.0448. The number of nitrogens with one attached hydrogen (secondary N) is 1. The minimum Gasteiger partial charge on any atom is -0.428 e. The molecule has 2 amide bonds. The van der Waals surface area contributed by atoms with Gasteiger partial charge in [0, 0.05) is 16.6 Å². The molecule has 0 bridgehead atoms. The van der Waals surface area contributed by atoms with Crippen LogP contribution in [0.4, 0.5) is 28.0 Å². The van der Waals surface area contributed by atoms with Gasteiger partial charge in [0.05, 0.1) is 12.3 Å². The molecule has 0 spiro atoms. The van der Waals surface area contributed by atoms with Gasteiger partial charge in [0.15, 0.2) is 0 Å². The number of halogens is 5. The first kappa shape index (κ1) is 25.2. The molecule has 0 fully saturated rings. The second kappa shape index (κ2) is 11.1. The van der Waals surface area contributed by atoms with Crippen molar-refractivity contribution in [2.24, 2.45) is 11.0 Å². The van der Waals surface area contributed by atoms with E-state index in [9.17, 15) is 22.4 Å². The molecule has 0 radical (unpaired) electrons. The number of benzene rings is 2. The maximum Gasteiger partial charge on any atom is 0.461 e. The van der Waals surface area contributed by atoms with Crippen LogP contribution in [-0.2, 0) is 0 Å². The van der Waals surface area contributed by atoms with E-state index in [1.807, 2.05) is 12.1 Å². The van der Waals surface area contributed by atoms with Crippen molar-refractivity contribution in [3.05, 3.63) is 59.1 Å². The summed E-state index contributed by atoms with van der Waals surface area (Å²) < 4.78 is 54.6. The SMILES string of the molecule is CCSCCC1CN(C(=O)Nc2ccc(OC(F)(F)C(F)F)cc2)N=C1c1ccc(Cl)cc1. The second-order valence-corrected chi connectivity index (χ2v) is 9.01. The maximum atomic E-state index is 13.0. The Morgan fingerprint density at radius 1 is 1.24 bits per heavy atom. The summed E-state index contributed by atoms with van der Waals surface area (Å²) in [7, 11) is 0. The molecular formula is C22H22ClF4N3O2S. The third-order valence-corrected chi connectivity index (χ3v) is 6.00. The van der Waals surface area contributed by atoms with Crippen molar-refractivity contribution in [2.45, 2.75) is 25.9 Å². The van der Waals surface area contributed by atoms with Gasteiger partial charge in [0.25, 0.3) is 0 Å². The number of thioether (sulfide) groups is 1. The third-order valence-electron chi connectivity index (χ3n) is 4.81. The van der Waals surface area contributed by atoms with Crippen LogP contribution in [0, 0.1) is 5.92 Å². The average molecular weight is 504 g/mol. The summed E-state index contributed by atoms with van der Waals surface area (Å²) in [6, 6.07) is 11.5. The van der Waals surface area contributed by atoms with Crippen LogP contribution in [0.15, 0.2) is 53.6 Å². The van der Waals surface area contributed by atoms with E-state index in [4.69, 9.17) is 11.6 Å². The van der Waals surface area contributed by atoms with Gasteiger partial charge in [-0.15, -0.1) is 0 Å². The van der Waals surface area contributed by atoms with Crippen molar-refractivity contribution in [2.75, 3.05) is 23.4 Å². The molecule has 2 aromatic rings. The number of amides is 2. The number of anilines is 1. The van der Waals surface area contributed by atoms with Gasteiger partial charge >= 0.3 is 18.6 Å². The van der Waals surface area contributed by atoms with Crippen molar-refractivity contribution in [1.29, 1.82) is 0 Å². The number of alkyl halides is 4. The number of hydrogen-bond donors (Lipinski definition) is 1. The number of ether oxygens (including phenoxy) is 1. The number of nitrogens with zero attached hydrogens (tertiary/aromatic N) is 2. The number of urea groups is 1. The van der Waals surface area contributed by atoms with Gasteiger partial charge in [-0.3, -0.25) is 0 Å². The van der Waals surface area contributed by atoms with Gasteiger partial charge in [-0.2, -0.15) is 34.4 Å². The summed E-state index contributed by atoms with van der Waals surface area (Å²) in [6.45, 7) is 2.47. The van der Waals surface area contributed by atoms with Gasteiger partial charge in [-0.05, 0) is 59.9 Å². The van der Waals surface area contributed by atoms with Crippen molar-refractivity contribution in [3.63, 3.8) is 0 Å². The molecule has 5 nitrogen and oxygen atoms in total. The van der Waals surface area contributed by atoms with Crippen LogP contribution >= 0.6 is 23.4 Å². The molecule has 0 aromatic heterocycles.